The molecule has 0 rings (SSSR count). The first-order chi connectivity index (χ1) is 7.99. The van der Waals surface area contributed by atoms with Gasteiger partial charge in [0.25, 0.3) is 0 Å². The van der Waals surface area contributed by atoms with Crippen LogP contribution in [0.1, 0.15) is 40.5 Å². The van der Waals surface area contributed by atoms with Gasteiger partial charge in [-0.25, -0.2) is 0 Å². The Hall–Kier alpha value is -1.08. The molecule has 0 bridgehead atoms. The van der Waals surface area contributed by atoms with Gasteiger partial charge >= 0.3 is 0 Å². The number of amides is 1. The third-order valence-corrected chi connectivity index (χ3v) is 2.55. The van der Waals surface area contributed by atoms with Crippen molar-refractivity contribution in [3.8, 4) is 6.07 Å². The Morgan fingerprint density at radius 3 is 2.53 bits per heavy atom. The van der Waals surface area contributed by atoms with Crippen LogP contribution < -0.4 is 5.32 Å². The number of hydrogen-bond acceptors (Lipinski definition) is 3. The van der Waals surface area contributed by atoms with E-state index in [1.807, 2.05) is 18.7 Å². The lowest BCUT2D eigenvalue weighted by molar-refractivity contribution is -0.123. The van der Waals surface area contributed by atoms with Gasteiger partial charge in [-0.05, 0) is 19.3 Å². The second kappa shape index (κ2) is 9.00. The molecule has 0 aromatic rings. The molecular weight excluding hydrogens is 214 g/mol. The van der Waals surface area contributed by atoms with Crippen LogP contribution in [-0.4, -0.2) is 36.5 Å². The molecule has 1 unspecified atom stereocenters. The number of nitrogens with zero attached hydrogens (tertiary/aromatic N) is 2. The van der Waals surface area contributed by atoms with E-state index in [0.29, 0.717) is 25.4 Å². The molecule has 0 aliphatic heterocycles. The highest BCUT2D eigenvalue weighted by Gasteiger charge is 2.13. The van der Waals surface area contributed by atoms with Gasteiger partial charge in [0.1, 0.15) is 0 Å². The molecule has 17 heavy (non-hydrogen) atoms. The van der Waals surface area contributed by atoms with E-state index in [2.05, 4.69) is 25.2 Å². The van der Waals surface area contributed by atoms with Crippen LogP contribution in [0.25, 0.3) is 0 Å². The van der Waals surface area contributed by atoms with E-state index >= 15 is 0 Å². The van der Waals surface area contributed by atoms with Crippen LogP contribution in [0.3, 0.4) is 0 Å². The Labute approximate surface area is 105 Å². The zero-order chi connectivity index (χ0) is 13.3. The first-order valence-electron chi connectivity index (χ1n) is 6.38. The minimum atomic E-state index is 0.0536. The van der Waals surface area contributed by atoms with Crippen LogP contribution in [0.2, 0.25) is 0 Å². The molecule has 0 aromatic carbocycles. The Morgan fingerprint density at radius 1 is 1.41 bits per heavy atom. The summed E-state index contributed by atoms with van der Waals surface area (Å²) in [6.07, 6.45) is 1.41. The lowest BCUT2D eigenvalue weighted by atomic mass is 10.2. The van der Waals surface area contributed by atoms with E-state index in [1.165, 1.54) is 0 Å². The molecule has 4 heteroatoms. The number of hydrogen-bond donors (Lipinski definition) is 1. The molecule has 98 valence electrons. The average molecular weight is 239 g/mol. The summed E-state index contributed by atoms with van der Waals surface area (Å²) < 4.78 is 0. The topological polar surface area (TPSA) is 56.1 Å². The summed E-state index contributed by atoms with van der Waals surface area (Å²) in [5, 5.41) is 11.5. The van der Waals surface area contributed by atoms with Crippen LogP contribution in [0, 0.1) is 17.2 Å². The van der Waals surface area contributed by atoms with Gasteiger partial charge in [0, 0.05) is 25.6 Å². The molecule has 0 aliphatic carbocycles. The predicted molar refractivity (Wildman–Crippen MR) is 69.4 cm³/mol. The second-order valence-electron chi connectivity index (χ2n) is 4.91. The maximum Gasteiger partial charge on any atom is 0.234 e. The summed E-state index contributed by atoms with van der Waals surface area (Å²) in [7, 11) is 0. The molecule has 0 aliphatic rings. The standard InChI is InChI=1S/C13H25N3O/c1-5-12(4)15-13(17)10-16(8-6-7-14)9-11(2)3/h11-12H,5-6,8-10H2,1-4H3,(H,15,17). The van der Waals surface area contributed by atoms with Crippen molar-refractivity contribution >= 4 is 5.91 Å². The van der Waals surface area contributed by atoms with Crippen molar-refractivity contribution in [2.24, 2.45) is 5.92 Å². The van der Waals surface area contributed by atoms with E-state index < -0.39 is 0 Å². The zero-order valence-electron chi connectivity index (χ0n) is 11.5. The third-order valence-electron chi connectivity index (χ3n) is 2.55. The molecule has 1 amide bonds. The number of nitrogens with one attached hydrogen (secondary N) is 1. The first-order valence-corrected chi connectivity index (χ1v) is 6.38. The predicted octanol–water partition coefficient (Wildman–Crippen LogP) is 1.77. The average Bonchev–Trinajstić information content (AvgIpc) is 2.24. The fraction of sp³-hybridized carbons (Fsp3) is 0.846. The highest BCUT2D eigenvalue weighted by atomic mass is 16.2. The van der Waals surface area contributed by atoms with E-state index in [0.717, 1.165) is 13.0 Å². The van der Waals surface area contributed by atoms with E-state index in [9.17, 15) is 4.79 Å². The summed E-state index contributed by atoms with van der Waals surface area (Å²) in [5.74, 6) is 0.558. The zero-order valence-corrected chi connectivity index (χ0v) is 11.5. The molecule has 0 spiro atoms. The van der Waals surface area contributed by atoms with Gasteiger partial charge in [-0.15, -0.1) is 0 Å². The van der Waals surface area contributed by atoms with Gasteiger partial charge in [-0.1, -0.05) is 20.8 Å². The van der Waals surface area contributed by atoms with Gasteiger partial charge in [-0.2, -0.15) is 5.26 Å². The largest absolute Gasteiger partial charge is 0.353 e. The molecule has 0 saturated carbocycles. The molecule has 0 fully saturated rings. The fourth-order valence-corrected chi connectivity index (χ4v) is 1.59. The van der Waals surface area contributed by atoms with Gasteiger partial charge < -0.3 is 5.32 Å². The lowest BCUT2D eigenvalue weighted by Gasteiger charge is -2.23. The van der Waals surface area contributed by atoms with Gasteiger partial charge in [0.05, 0.1) is 12.6 Å². The van der Waals surface area contributed by atoms with Crippen LogP contribution in [0.15, 0.2) is 0 Å². The van der Waals surface area contributed by atoms with Crippen molar-refractivity contribution in [1.29, 1.82) is 5.26 Å². The monoisotopic (exact) mass is 239 g/mol. The molecule has 0 heterocycles. The summed E-state index contributed by atoms with van der Waals surface area (Å²) in [4.78, 5) is 13.8. The van der Waals surface area contributed by atoms with Crippen molar-refractivity contribution in [3.05, 3.63) is 0 Å². The van der Waals surface area contributed by atoms with Crippen molar-refractivity contribution in [2.75, 3.05) is 19.6 Å². The van der Waals surface area contributed by atoms with Crippen molar-refractivity contribution in [1.82, 2.24) is 10.2 Å². The molecule has 1 atom stereocenters. The van der Waals surface area contributed by atoms with E-state index in [1.54, 1.807) is 0 Å². The SMILES string of the molecule is CCC(C)NC(=O)CN(CCC#N)CC(C)C. The quantitative estimate of drug-likeness (QED) is 0.702. The fourth-order valence-electron chi connectivity index (χ4n) is 1.59. The molecule has 0 saturated heterocycles. The van der Waals surface area contributed by atoms with Crippen molar-refractivity contribution < 1.29 is 4.79 Å². The summed E-state index contributed by atoms with van der Waals surface area (Å²) in [6, 6.07) is 2.34. The van der Waals surface area contributed by atoms with Gasteiger partial charge in [0.2, 0.25) is 5.91 Å². The van der Waals surface area contributed by atoms with Crippen LogP contribution in [0.5, 0.6) is 0 Å². The third kappa shape index (κ3) is 8.70. The van der Waals surface area contributed by atoms with Crippen molar-refractivity contribution in [3.63, 3.8) is 0 Å². The summed E-state index contributed by atoms with van der Waals surface area (Å²) >= 11 is 0. The molecule has 1 N–H and O–H groups in total. The van der Waals surface area contributed by atoms with E-state index in [4.69, 9.17) is 5.26 Å². The molecule has 0 aromatic heterocycles. The van der Waals surface area contributed by atoms with Crippen LogP contribution in [0.4, 0.5) is 0 Å². The van der Waals surface area contributed by atoms with Gasteiger partial charge in [0.15, 0.2) is 0 Å². The Balaban J connectivity index is 4.12. The normalized spacial score (nSPS) is 12.5. The Bertz CT molecular complexity index is 258. The van der Waals surface area contributed by atoms with Crippen LogP contribution in [-0.2, 0) is 4.79 Å². The molecular formula is C13H25N3O. The maximum absolute atomic E-state index is 11.7. The molecule has 4 nitrogen and oxygen atoms in total. The van der Waals surface area contributed by atoms with Crippen molar-refractivity contribution in [2.45, 2.75) is 46.6 Å². The Kier molecular flexibility index (Phi) is 8.43. The minimum absolute atomic E-state index is 0.0536. The highest BCUT2D eigenvalue weighted by molar-refractivity contribution is 5.78. The van der Waals surface area contributed by atoms with E-state index in [-0.39, 0.29) is 11.9 Å². The minimum Gasteiger partial charge on any atom is -0.353 e. The second-order valence-corrected chi connectivity index (χ2v) is 4.91. The molecule has 0 radical (unpaired) electrons. The summed E-state index contributed by atoms with van der Waals surface area (Å²) in [6.45, 7) is 10.2. The van der Waals surface area contributed by atoms with Gasteiger partial charge in [-0.3, -0.25) is 9.69 Å². The van der Waals surface area contributed by atoms with Crippen LogP contribution >= 0.6 is 0 Å². The number of rotatable bonds is 8. The highest BCUT2D eigenvalue weighted by Crippen LogP contribution is 2.00. The maximum atomic E-state index is 11.7. The number of nitriles is 1. The number of carbonyl (C=O) groups is 1. The lowest BCUT2D eigenvalue weighted by Crippen LogP contribution is -2.42. The first kappa shape index (κ1) is 15.9. The smallest absolute Gasteiger partial charge is 0.234 e. The Morgan fingerprint density at radius 2 is 2.06 bits per heavy atom. The summed E-state index contributed by atoms with van der Waals surface area (Å²) in [5.41, 5.74) is 0. The number of carbonyl (C=O) groups excluding carboxylic acids is 1.